The number of aromatic nitrogens is 1. The summed E-state index contributed by atoms with van der Waals surface area (Å²) in [4.78, 5) is 13.9. The highest BCUT2D eigenvalue weighted by atomic mass is 35.5. The van der Waals surface area contributed by atoms with E-state index in [1.54, 1.807) is 22.8 Å². The van der Waals surface area contributed by atoms with Crippen molar-refractivity contribution in [2.24, 2.45) is 0 Å². The van der Waals surface area contributed by atoms with E-state index in [2.05, 4.69) is 0 Å². The average Bonchev–Trinajstić information content (AvgIpc) is 3.02. The Bertz CT molecular complexity index is 881. The number of rotatable bonds is 3. The van der Waals surface area contributed by atoms with Crippen molar-refractivity contribution in [3.8, 4) is 22.0 Å². The van der Waals surface area contributed by atoms with Crippen molar-refractivity contribution in [1.29, 1.82) is 0 Å². The van der Waals surface area contributed by atoms with E-state index in [1.165, 1.54) is 11.3 Å². The lowest BCUT2D eigenvalue weighted by Crippen LogP contribution is -2.24. The van der Waals surface area contributed by atoms with Crippen molar-refractivity contribution in [3.05, 3.63) is 68.8 Å². The zero-order valence-corrected chi connectivity index (χ0v) is 14.4. The first-order valence-electron chi connectivity index (χ1n) is 7.27. The summed E-state index contributed by atoms with van der Waals surface area (Å²) in [5.74, 6) is -0.0305. The van der Waals surface area contributed by atoms with E-state index < -0.39 is 0 Å². The van der Waals surface area contributed by atoms with Crippen LogP contribution in [0.1, 0.15) is 25.3 Å². The lowest BCUT2D eigenvalue weighted by Gasteiger charge is -2.17. The monoisotopic (exact) mass is 345 g/mol. The minimum Gasteiger partial charge on any atom is -0.507 e. The second kappa shape index (κ2) is 6.22. The van der Waals surface area contributed by atoms with Crippen LogP contribution in [0.5, 0.6) is 5.75 Å². The van der Waals surface area contributed by atoms with Gasteiger partial charge in [-0.05, 0) is 41.6 Å². The van der Waals surface area contributed by atoms with E-state index in [1.807, 2.05) is 43.5 Å². The van der Waals surface area contributed by atoms with Gasteiger partial charge in [-0.25, -0.2) is 0 Å². The maximum atomic E-state index is 13.0. The number of hydrogen-bond acceptors (Lipinski definition) is 3. The molecule has 5 heteroatoms. The summed E-state index contributed by atoms with van der Waals surface area (Å²) >= 11 is 7.48. The van der Waals surface area contributed by atoms with Gasteiger partial charge in [-0.1, -0.05) is 31.5 Å². The van der Waals surface area contributed by atoms with Crippen molar-refractivity contribution in [1.82, 2.24) is 4.57 Å². The Morgan fingerprint density at radius 2 is 1.87 bits per heavy atom. The van der Waals surface area contributed by atoms with Crippen molar-refractivity contribution < 1.29 is 5.11 Å². The first-order valence-corrected chi connectivity index (χ1v) is 8.53. The van der Waals surface area contributed by atoms with Crippen LogP contribution in [0.15, 0.2) is 52.6 Å². The highest BCUT2D eigenvalue weighted by molar-refractivity contribution is 7.13. The highest BCUT2D eigenvalue weighted by Gasteiger charge is 2.19. The lowest BCUT2D eigenvalue weighted by atomic mass is 10.0. The standard InChI is InChI=1S/C18H16ClNO2S/c1-11(2)17-15(21)10-14(16-4-3-9-23-16)20(18(17)22)13-7-5-12(19)6-8-13/h3-11,21H,1-2H3. The van der Waals surface area contributed by atoms with Gasteiger partial charge in [0, 0.05) is 16.8 Å². The summed E-state index contributed by atoms with van der Waals surface area (Å²) < 4.78 is 1.64. The molecule has 0 spiro atoms. The zero-order valence-electron chi connectivity index (χ0n) is 12.8. The Labute approximate surface area is 143 Å². The van der Waals surface area contributed by atoms with E-state index in [9.17, 15) is 9.90 Å². The van der Waals surface area contributed by atoms with E-state index in [0.29, 0.717) is 16.3 Å². The van der Waals surface area contributed by atoms with Crippen LogP contribution < -0.4 is 5.56 Å². The summed E-state index contributed by atoms with van der Waals surface area (Å²) in [5.41, 5.74) is 1.62. The molecule has 0 aliphatic rings. The van der Waals surface area contributed by atoms with Gasteiger partial charge in [-0.3, -0.25) is 9.36 Å². The first kappa shape index (κ1) is 15.8. The first-order chi connectivity index (χ1) is 11.0. The fraction of sp³-hybridized carbons (Fsp3) is 0.167. The third-order valence-corrected chi connectivity index (χ3v) is 4.80. The summed E-state index contributed by atoms with van der Waals surface area (Å²) in [6.07, 6.45) is 0. The Balaban J connectivity index is 2.36. The molecular weight excluding hydrogens is 330 g/mol. The molecule has 1 N–H and O–H groups in total. The van der Waals surface area contributed by atoms with E-state index in [-0.39, 0.29) is 17.2 Å². The van der Waals surface area contributed by atoms with E-state index in [4.69, 9.17) is 11.6 Å². The fourth-order valence-electron chi connectivity index (χ4n) is 2.61. The van der Waals surface area contributed by atoms with Gasteiger partial charge in [0.1, 0.15) is 5.75 Å². The molecule has 1 aromatic carbocycles. The van der Waals surface area contributed by atoms with Crippen LogP contribution in [-0.2, 0) is 0 Å². The molecule has 0 bridgehead atoms. The molecule has 0 unspecified atom stereocenters. The molecule has 2 heterocycles. The van der Waals surface area contributed by atoms with Gasteiger partial charge in [0.05, 0.1) is 16.1 Å². The molecule has 3 rings (SSSR count). The molecule has 0 aliphatic carbocycles. The largest absolute Gasteiger partial charge is 0.507 e. The number of hydrogen-bond donors (Lipinski definition) is 1. The number of thiophene rings is 1. The van der Waals surface area contributed by atoms with E-state index in [0.717, 1.165) is 10.6 Å². The molecule has 0 amide bonds. The summed E-state index contributed by atoms with van der Waals surface area (Å²) in [7, 11) is 0. The van der Waals surface area contributed by atoms with Crippen LogP contribution in [-0.4, -0.2) is 9.67 Å². The minimum atomic E-state index is -0.203. The Morgan fingerprint density at radius 1 is 1.17 bits per heavy atom. The molecule has 118 valence electrons. The predicted octanol–water partition coefficient (Wildman–Crippen LogP) is 5.05. The predicted molar refractivity (Wildman–Crippen MR) is 96.1 cm³/mol. The summed E-state index contributed by atoms with van der Waals surface area (Å²) in [6.45, 7) is 3.79. The van der Waals surface area contributed by atoms with Gasteiger partial charge in [-0.15, -0.1) is 11.3 Å². The molecule has 2 aromatic heterocycles. The third kappa shape index (κ3) is 2.92. The number of halogens is 1. The molecule has 0 saturated carbocycles. The zero-order chi connectivity index (χ0) is 16.6. The Kier molecular flexibility index (Phi) is 4.28. The smallest absolute Gasteiger partial charge is 0.262 e. The van der Waals surface area contributed by atoms with Gasteiger partial charge < -0.3 is 5.11 Å². The maximum Gasteiger partial charge on any atom is 0.262 e. The number of benzene rings is 1. The van der Waals surface area contributed by atoms with Gasteiger partial charge >= 0.3 is 0 Å². The quantitative estimate of drug-likeness (QED) is 0.721. The molecule has 0 saturated heterocycles. The van der Waals surface area contributed by atoms with Gasteiger partial charge in [0.2, 0.25) is 0 Å². The van der Waals surface area contributed by atoms with Crippen molar-refractivity contribution in [2.75, 3.05) is 0 Å². The van der Waals surface area contributed by atoms with Crippen LogP contribution in [0.4, 0.5) is 0 Å². The fourth-order valence-corrected chi connectivity index (χ4v) is 3.46. The van der Waals surface area contributed by atoms with Crippen LogP contribution in [0.3, 0.4) is 0 Å². The normalized spacial score (nSPS) is 11.1. The molecule has 0 aliphatic heterocycles. The highest BCUT2D eigenvalue weighted by Crippen LogP contribution is 2.32. The average molecular weight is 346 g/mol. The number of aromatic hydroxyl groups is 1. The van der Waals surface area contributed by atoms with Crippen molar-refractivity contribution >= 4 is 22.9 Å². The second-order valence-electron chi connectivity index (χ2n) is 5.58. The Hall–Kier alpha value is -2.04. The van der Waals surface area contributed by atoms with Crippen molar-refractivity contribution in [3.63, 3.8) is 0 Å². The third-order valence-electron chi connectivity index (χ3n) is 3.66. The summed E-state index contributed by atoms with van der Waals surface area (Å²) in [5, 5.41) is 12.9. The molecule has 0 fully saturated rings. The van der Waals surface area contributed by atoms with Crippen LogP contribution in [0, 0.1) is 0 Å². The topological polar surface area (TPSA) is 42.2 Å². The number of nitrogens with zero attached hydrogens (tertiary/aromatic N) is 1. The second-order valence-corrected chi connectivity index (χ2v) is 6.96. The Morgan fingerprint density at radius 3 is 2.43 bits per heavy atom. The van der Waals surface area contributed by atoms with Gasteiger partial charge in [0.15, 0.2) is 0 Å². The molecule has 23 heavy (non-hydrogen) atoms. The molecule has 3 nitrogen and oxygen atoms in total. The minimum absolute atomic E-state index is 0.0404. The maximum absolute atomic E-state index is 13.0. The SMILES string of the molecule is CC(C)c1c(O)cc(-c2cccs2)n(-c2ccc(Cl)cc2)c1=O. The van der Waals surface area contributed by atoms with Crippen LogP contribution >= 0.6 is 22.9 Å². The molecule has 0 atom stereocenters. The summed E-state index contributed by atoms with van der Waals surface area (Å²) in [6, 6.07) is 12.6. The molecular formula is C18H16ClNO2S. The molecule has 3 aromatic rings. The van der Waals surface area contributed by atoms with Crippen LogP contribution in [0.2, 0.25) is 5.02 Å². The number of pyridine rings is 1. The van der Waals surface area contributed by atoms with Gasteiger partial charge in [0.25, 0.3) is 5.56 Å². The van der Waals surface area contributed by atoms with Crippen molar-refractivity contribution in [2.45, 2.75) is 19.8 Å². The van der Waals surface area contributed by atoms with Gasteiger partial charge in [-0.2, -0.15) is 0 Å². The lowest BCUT2D eigenvalue weighted by molar-refractivity contribution is 0.461. The molecule has 0 radical (unpaired) electrons. The van der Waals surface area contributed by atoms with Crippen LogP contribution in [0.25, 0.3) is 16.3 Å². The van der Waals surface area contributed by atoms with E-state index >= 15 is 0 Å².